The van der Waals surface area contributed by atoms with Crippen molar-refractivity contribution in [2.24, 2.45) is 23.3 Å². The highest BCUT2D eigenvalue weighted by atomic mass is 16.4. The number of aliphatic hydroxyl groups is 1. The van der Waals surface area contributed by atoms with E-state index in [0.29, 0.717) is 18.8 Å². The van der Waals surface area contributed by atoms with Crippen LogP contribution < -0.4 is 16.8 Å². The van der Waals surface area contributed by atoms with Gasteiger partial charge in [-0.05, 0) is 32.1 Å². The van der Waals surface area contributed by atoms with Gasteiger partial charge in [-0.25, -0.2) is 0 Å². The van der Waals surface area contributed by atoms with E-state index < -0.39 is 29.6 Å². The topological polar surface area (TPSA) is 139 Å². The van der Waals surface area contributed by atoms with E-state index in [4.69, 9.17) is 11.5 Å². The van der Waals surface area contributed by atoms with Gasteiger partial charge in [-0.15, -0.1) is 0 Å². The van der Waals surface area contributed by atoms with Crippen LogP contribution in [0.15, 0.2) is 0 Å². The average molecular weight is 313 g/mol. The molecule has 7 N–H and O–H groups in total. The highest BCUT2D eigenvalue weighted by Crippen LogP contribution is 2.37. The Kier molecular flexibility index (Phi) is 6.83. The van der Waals surface area contributed by atoms with Crippen LogP contribution in [0.25, 0.3) is 0 Å². The molecule has 5 atom stereocenters. The number of nitrogens with two attached hydrogens (primary N) is 2. The molecule has 0 saturated heterocycles. The van der Waals surface area contributed by atoms with Gasteiger partial charge in [0.2, 0.25) is 5.91 Å². The van der Waals surface area contributed by atoms with Gasteiger partial charge in [0.15, 0.2) is 0 Å². The van der Waals surface area contributed by atoms with Gasteiger partial charge in [-0.2, -0.15) is 0 Å². The number of aliphatic carboxylic acids is 1. The Morgan fingerprint density at radius 2 is 2.09 bits per heavy atom. The maximum absolute atomic E-state index is 11.8. The molecule has 1 saturated carbocycles. The Morgan fingerprint density at radius 3 is 2.59 bits per heavy atom. The van der Waals surface area contributed by atoms with E-state index in [1.807, 2.05) is 0 Å². The molecular weight excluding hydrogens is 285 g/mol. The van der Waals surface area contributed by atoms with Crippen LogP contribution in [0.5, 0.6) is 0 Å². The number of aliphatic hydroxyl groups excluding tert-OH is 1. The highest BCUT2D eigenvalue weighted by Gasteiger charge is 2.46. The first-order valence-corrected chi connectivity index (χ1v) is 7.96. The number of carboxylic acid groups (broad SMARTS) is 1. The van der Waals surface area contributed by atoms with Gasteiger partial charge in [0.05, 0.1) is 6.10 Å². The summed E-state index contributed by atoms with van der Waals surface area (Å²) < 4.78 is 0. The molecule has 8 heteroatoms. The van der Waals surface area contributed by atoms with Gasteiger partial charge < -0.3 is 27.0 Å². The zero-order valence-electron chi connectivity index (χ0n) is 13.4. The summed E-state index contributed by atoms with van der Waals surface area (Å²) in [5.41, 5.74) is 10.4. The van der Waals surface area contributed by atoms with Crippen LogP contribution in [0.1, 0.15) is 32.6 Å². The van der Waals surface area contributed by atoms with E-state index in [9.17, 15) is 19.8 Å². The third kappa shape index (κ3) is 4.44. The van der Waals surface area contributed by atoms with E-state index in [2.05, 4.69) is 13.2 Å². The molecular formula is C14H28BN3O4. The van der Waals surface area contributed by atoms with Crippen molar-refractivity contribution in [2.75, 3.05) is 6.54 Å². The van der Waals surface area contributed by atoms with Crippen LogP contribution in [0.3, 0.4) is 0 Å². The molecule has 22 heavy (non-hydrogen) atoms. The monoisotopic (exact) mass is 313 g/mol. The van der Waals surface area contributed by atoms with Crippen LogP contribution in [0.2, 0.25) is 6.32 Å². The first-order chi connectivity index (χ1) is 10.2. The van der Waals surface area contributed by atoms with Crippen LogP contribution in [-0.2, 0) is 9.59 Å². The van der Waals surface area contributed by atoms with Crippen LogP contribution in [-0.4, -0.2) is 54.2 Å². The minimum absolute atomic E-state index is 0.168. The summed E-state index contributed by atoms with van der Waals surface area (Å²) in [5, 5.41) is 21.4. The van der Waals surface area contributed by atoms with Crippen molar-refractivity contribution >= 4 is 19.7 Å². The predicted octanol–water partition coefficient (Wildman–Crippen LogP) is -1.55. The minimum atomic E-state index is -1.32. The smallest absolute Gasteiger partial charge is 0.324 e. The number of hydrogen-bond donors (Lipinski definition) is 5. The van der Waals surface area contributed by atoms with Gasteiger partial charge in [-0.1, -0.05) is 12.7 Å². The number of rotatable bonds is 7. The third-order valence-corrected chi connectivity index (χ3v) is 4.72. The molecule has 0 aromatic rings. The largest absolute Gasteiger partial charge is 0.480 e. The predicted molar refractivity (Wildman–Crippen MR) is 86.0 cm³/mol. The van der Waals surface area contributed by atoms with Crippen molar-refractivity contribution in [1.82, 2.24) is 5.32 Å². The Hall–Kier alpha value is -1.12. The Labute approximate surface area is 132 Å². The number of carbonyl (C=O) groups excluding carboxylic acids is 1. The van der Waals surface area contributed by atoms with Gasteiger partial charge in [0.25, 0.3) is 0 Å². The van der Waals surface area contributed by atoms with Crippen molar-refractivity contribution in [2.45, 2.75) is 56.6 Å². The second-order valence-electron chi connectivity index (χ2n) is 6.49. The molecule has 1 amide bonds. The van der Waals surface area contributed by atoms with Crippen molar-refractivity contribution in [3.63, 3.8) is 0 Å². The quantitative estimate of drug-likeness (QED) is 0.361. The fraction of sp³-hybridized carbons (Fsp3) is 0.857. The lowest BCUT2D eigenvalue weighted by Crippen LogP contribution is -2.60. The summed E-state index contributed by atoms with van der Waals surface area (Å²) in [6.07, 6.45) is 3.03. The number of carboxylic acids is 1. The van der Waals surface area contributed by atoms with E-state index in [-0.39, 0.29) is 12.5 Å². The molecule has 0 aliphatic heterocycles. The van der Waals surface area contributed by atoms with Crippen LogP contribution in [0, 0.1) is 11.8 Å². The third-order valence-electron chi connectivity index (χ3n) is 4.72. The fourth-order valence-electron chi connectivity index (χ4n) is 3.20. The van der Waals surface area contributed by atoms with E-state index in [1.54, 1.807) is 0 Å². The van der Waals surface area contributed by atoms with Gasteiger partial charge >= 0.3 is 5.97 Å². The first kappa shape index (κ1) is 18.9. The van der Waals surface area contributed by atoms with E-state index >= 15 is 0 Å². The molecule has 0 aromatic heterocycles. The summed E-state index contributed by atoms with van der Waals surface area (Å²) in [7, 11) is 2.07. The average Bonchev–Trinajstić information content (AvgIpc) is 2.45. The maximum atomic E-state index is 11.8. The van der Waals surface area contributed by atoms with Crippen LogP contribution in [0.4, 0.5) is 0 Å². The standard InChI is InChI=1S/C14H28BN3O4/c1-8(19)11(16)12(20)18-7-10-3-2-9(4-5-15)6-14(10,17)13(21)22/h8-11,19H,2-7,15-17H2,1H3,(H,18,20)(H,21,22)/t8-,9+,10+,11+,14-/m1/s1. The molecule has 0 aromatic carbocycles. The molecule has 1 aliphatic carbocycles. The molecule has 1 rings (SSSR count). The van der Waals surface area contributed by atoms with Crippen molar-refractivity contribution in [3.8, 4) is 0 Å². The number of amides is 1. The lowest BCUT2D eigenvalue weighted by molar-refractivity contribution is -0.148. The Morgan fingerprint density at radius 1 is 1.45 bits per heavy atom. The molecule has 0 spiro atoms. The zero-order valence-corrected chi connectivity index (χ0v) is 13.4. The molecule has 0 radical (unpaired) electrons. The molecule has 126 valence electrons. The second kappa shape index (κ2) is 7.94. The van der Waals surface area contributed by atoms with E-state index in [1.165, 1.54) is 6.92 Å². The van der Waals surface area contributed by atoms with Crippen molar-refractivity contribution in [1.29, 1.82) is 0 Å². The van der Waals surface area contributed by atoms with E-state index in [0.717, 1.165) is 19.2 Å². The SMILES string of the molecule is BCC[C@@H]1CC[C@@H](CNC(=O)[C@@H](N)[C@@H](C)O)[C@@](N)(C(=O)O)C1. The number of nitrogens with one attached hydrogen (secondary N) is 1. The summed E-state index contributed by atoms with van der Waals surface area (Å²) in [6, 6.07) is -1.02. The number of hydrogen-bond acceptors (Lipinski definition) is 5. The summed E-state index contributed by atoms with van der Waals surface area (Å²) in [6.45, 7) is 1.60. The summed E-state index contributed by atoms with van der Waals surface area (Å²) in [4.78, 5) is 23.4. The maximum Gasteiger partial charge on any atom is 0.324 e. The highest BCUT2D eigenvalue weighted by molar-refractivity contribution is 6.08. The van der Waals surface area contributed by atoms with Crippen molar-refractivity contribution in [3.05, 3.63) is 0 Å². The van der Waals surface area contributed by atoms with Crippen molar-refractivity contribution < 1.29 is 19.8 Å². The molecule has 7 nitrogen and oxygen atoms in total. The number of carbonyl (C=O) groups is 2. The molecule has 1 aliphatic rings. The molecule has 0 bridgehead atoms. The summed E-state index contributed by atoms with van der Waals surface area (Å²) >= 11 is 0. The Balaban J connectivity index is 2.68. The normalized spacial score (nSPS) is 31.3. The van der Waals surface area contributed by atoms with Gasteiger partial charge in [0, 0.05) is 12.5 Å². The Bertz CT molecular complexity index is 408. The van der Waals surface area contributed by atoms with Gasteiger partial charge in [-0.3, -0.25) is 9.59 Å². The minimum Gasteiger partial charge on any atom is -0.480 e. The van der Waals surface area contributed by atoms with Crippen LogP contribution >= 0.6 is 0 Å². The lowest BCUT2D eigenvalue weighted by Gasteiger charge is -2.41. The molecule has 0 heterocycles. The first-order valence-electron chi connectivity index (χ1n) is 7.96. The zero-order chi connectivity index (χ0) is 16.9. The lowest BCUT2D eigenvalue weighted by atomic mass is 9.67. The summed E-state index contributed by atoms with van der Waals surface area (Å²) in [5.74, 6) is -1.52. The molecule has 0 unspecified atom stereocenters. The second-order valence-corrected chi connectivity index (χ2v) is 6.49. The van der Waals surface area contributed by atoms with Gasteiger partial charge in [0.1, 0.15) is 19.4 Å². The fourth-order valence-corrected chi connectivity index (χ4v) is 3.20. The molecule has 1 fully saturated rings.